The first-order chi connectivity index (χ1) is 13.6. The third kappa shape index (κ3) is 4.50. The molecule has 1 amide bonds. The van der Waals surface area contributed by atoms with Crippen molar-refractivity contribution in [1.82, 2.24) is 10.3 Å². The van der Waals surface area contributed by atoms with E-state index in [-0.39, 0.29) is 11.9 Å². The largest absolute Gasteiger partial charge is 0.462 e. The lowest BCUT2D eigenvalue weighted by Crippen LogP contribution is -2.27. The zero-order chi connectivity index (χ0) is 19.5. The number of pyridine rings is 1. The maximum atomic E-state index is 12.1. The second-order valence-electron chi connectivity index (χ2n) is 7.43. The van der Waals surface area contributed by atoms with Crippen molar-refractivity contribution in [3.8, 4) is 0 Å². The van der Waals surface area contributed by atoms with Crippen LogP contribution in [0.25, 0.3) is 0 Å². The van der Waals surface area contributed by atoms with Crippen LogP contribution in [0.1, 0.15) is 58.9 Å². The number of carbonyl (C=O) groups excluding carboxylic acids is 2. The average Bonchev–Trinajstić information content (AvgIpc) is 3.62. The Morgan fingerprint density at radius 3 is 2.36 bits per heavy atom. The van der Waals surface area contributed by atoms with Gasteiger partial charge >= 0.3 is 5.97 Å². The first-order valence-corrected chi connectivity index (χ1v) is 9.93. The molecule has 0 radical (unpaired) electrons. The number of anilines is 1. The second-order valence-corrected chi connectivity index (χ2v) is 7.43. The maximum Gasteiger partial charge on any atom is 0.339 e. The van der Waals surface area contributed by atoms with E-state index >= 15 is 0 Å². The molecule has 146 valence electrons. The Morgan fingerprint density at radius 1 is 1.07 bits per heavy atom. The normalized spacial score (nSPS) is 15.8. The third-order valence-corrected chi connectivity index (χ3v) is 5.02. The third-order valence-electron chi connectivity index (χ3n) is 5.02. The lowest BCUT2D eigenvalue weighted by molar-refractivity contribution is 0.0525. The van der Waals surface area contributed by atoms with Crippen molar-refractivity contribution in [2.45, 2.75) is 51.2 Å². The minimum atomic E-state index is -0.348. The SMILES string of the molecule is CCOC(=O)c1ccc(N(Cc2ccc(C(=O)NC3CC3)cc2)C2CC2)nc1. The summed E-state index contributed by atoms with van der Waals surface area (Å²) in [4.78, 5) is 30.7. The number of nitrogens with one attached hydrogen (secondary N) is 1. The number of amides is 1. The topological polar surface area (TPSA) is 71.5 Å². The van der Waals surface area contributed by atoms with E-state index < -0.39 is 0 Å². The predicted octanol–water partition coefficient (Wildman–Crippen LogP) is 3.32. The first kappa shape index (κ1) is 18.5. The standard InChI is InChI=1S/C22H25N3O3/c1-2-28-22(27)17-7-12-20(23-13-17)25(19-10-11-19)14-15-3-5-16(6-4-15)21(26)24-18-8-9-18/h3-7,12-13,18-19H,2,8-11,14H2,1H3,(H,24,26). The Morgan fingerprint density at radius 2 is 1.79 bits per heavy atom. The molecule has 0 bridgehead atoms. The monoisotopic (exact) mass is 379 g/mol. The highest BCUT2D eigenvalue weighted by Gasteiger charge is 2.30. The number of aromatic nitrogens is 1. The Kier molecular flexibility index (Phi) is 5.28. The molecule has 2 saturated carbocycles. The number of hydrogen-bond donors (Lipinski definition) is 1. The summed E-state index contributed by atoms with van der Waals surface area (Å²) in [6.45, 7) is 2.86. The molecule has 1 aromatic heterocycles. The summed E-state index contributed by atoms with van der Waals surface area (Å²) in [5.41, 5.74) is 2.30. The van der Waals surface area contributed by atoms with Gasteiger partial charge in [-0.1, -0.05) is 12.1 Å². The van der Waals surface area contributed by atoms with E-state index in [4.69, 9.17) is 4.74 Å². The molecule has 0 atom stereocenters. The summed E-state index contributed by atoms with van der Waals surface area (Å²) in [5, 5.41) is 3.01. The van der Waals surface area contributed by atoms with Gasteiger partial charge in [-0.05, 0) is 62.4 Å². The Bertz CT molecular complexity index is 840. The van der Waals surface area contributed by atoms with Crippen molar-refractivity contribution in [2.24, 2.45) is 0 Å². The van der Waals surface area contributed by atoms with Crippen molar-refractivity contribution in [2.75, 3.05) is 11.5 Å². The number of carbonyl (C=O) groups is 2. The Balaban J connectivity index is 1.43. The van der Waals surface area contributed by atoms with Gasteiger partial charge in [-0.15, -0.1) is 0 Å². The van der Waals surface area contributed by atoms with Crippen molar-refractivity contribution in [3.63, 3.8) is 0 Å². The maximum absolute atomic E-state index is 12.1. The van der Waals surface area contributed by atoms with E-state index in [1.165, 1.54) is 0 Å². The van der Waals surface area contributed by atoms with E-state index in [2.05, 4.69) is 15.2 Å². The van der Waals surface area contributed by atoms with Crippen LogP contribution < -0.4 is 10.2 Å². The molecular formula is C22H25N3O3. The summed E-state index contributed by atoms with van der Waals surface area (Å²) in [6, 6.07) is 12.3. The van der Waals surface area contributed by atoms with Crippen LogP contribution in [0, 0.1) is 0 Å². The van der Waals surface area contributed by atoms with Crippen LogP contribution >= 0.6 is 0 Å². The van der Waals surface area contributed by atoms with Gasteiger partial charge in [0.25, 0.3) is 5.91 Å². The lowest BCUT2D eigenvalue weighted by Gasteiger charge is -2.24. The fourth-order valence-electron chi connectivity index (χ4n) is 3.13. The molecular weight excluding hydrogens is 354 g/mol. The minimum Gasteiger partial charge on any atom is -0.462 e. The van der Waals surface area contributed by atoms with Crippen LogP contribution in [0.15, 0.2) is 42.6 Å². The van der Waals surface area contributed by atoms with E-state index in [1.807, 2.05) is 30.3 Å². The van der Waals surface area contributed by atoms with Gasteiger partial charge in [0.2, 0.25) is 0 Å². The number of benzene rings is 1. The van der Waals surface area contributed by atoms with Gasteiger partial charge in [-0.25, -0.2) is 9.78 Å². The van der Waals surface area contributed by atoms with Crippen molar-refractivity contribution >= 4 is 17.7 Å². The Labute approximate surface area is 164 Å². The van der Waals surface area contributed by atoms with Gasteiger partial charge in [-0.2, -0.15) is 0 Å². The molecule has 4 rings (SSSR count). The molecule has 2 aliphatic carbocycles. The molecule has 1 heterocycles. The highest BCUT2D eigenvalue weighted by molar-refractivity contribution is 5.94. The van der Waals surface area contributed by atoms with Gasteiger partial charge < -0.3 is 15.0 Å². The molecule has 1 N–H and O–H groups in total. The number of hydrogen-bond acceptors (Lipinski definition) is 5. The van der Waals surface area contributed by atoms with E-state index in [0.717, 1.165) is 43.6 Å². The first-order valence-electron chi connectivity index (χ1n) is 9.93. The van der Waals surface area contributed by atoms with Crippen molar-refractivity contribution in [1.29, 1.82) is 0 Å². The molecule has 2 aliphatic rings. The number of ether oxygens (including phenoxy) is 1. The van der Waals surface area contributed by atoms with Crippen molar-refractivity contribution < 1.29 is 14.3 Å². The highest BCUT2D eigenvalue weighted by Crippen LogP contribution is 2.32. The van der Waals surface area contributed by atoms with Gasteiger partial charge in [0.05, 0.1) is 12.2 Å². The quantitative estimate of drug-likeness (QED) is 0.713. The fourth-order valence-corrected chi connectivity index (χ4v) is 3.13. The van der Waals surface area contributed by atoms with E-state index in [9.17, 15) is 9.59 Å². The van der Waals surface area contributed by atoms with Crippen LogP contribution in [0.5, 0.6) is 0 Å². The lowest BCUT2D eigenvalue weighted by atomic mass is 10.1. The molecule has 0 spiro atoms. The number of esters is 1. The van der Waals surface area contributed by atoms with Crippen LogP contribution in [0.2, 0.25) is 0 Å². The molecule has 1 aromatic carbocycles. The molecule has 0 aliphatic heterocycles. The van der Waals surface area contributed by atoms with Gasteiger partial charge in [0.1, 0.15) is 5.82 Å². The number of nitrogens with zero attached hydrogens (tertiary/aromatic N) is 2. The van der Waals surface area contributed by atoms with Gasteiger partial charge in [0.15, 0.2) is 0 Å². The van der Waals surface area contributed by atoms with Gasteiger partial charge in [0, 0.05) is 30.4 Å². The Hall–Kier alpha value is -2.89. The molecule has 0 saturated heterocycles. The molecule has 2 fully saturated rings. The predicted molar refractivity (Wildman–Crippen MR) is 106 cm³/mol. The molecule has 2 aromatic rings. The van der Waals surface area contributed by atoms with Crippen LogP contribution in [-0.2, 0) is 11.3 Å². The summed E-state index contributed by atoms with van der Waals surface area (Å²) in [7, 11) is 0. The fraction of sp³-hybridized carbons (Fsp3) is 0.409. The zero-order valence-corrected chi connectivity index (χ0v) is 16.1. The van der Waals surface area contributed by atoms with Crippen LogP contribution in [0.3, 0.4) is 0 Å². The smallest absolute Gasteiger partial charge is 0.339 e. The van der Waals surface area contributed by atoms with E-state index in [0.29, 0.717) is 29.8 Å². The second kappa shape index (κ2) is 8.00. The average molecular weight is 379 g/mol. The molecule has 0 unspecified atom stereocenters. The minimum absolute atomic E-state index is 0.00400. The molecule has 6 nitrogen and oxygen atoms in total. The summed E-state index contributed by atoms with van der Waals surface area (Å²) < 4.78 is 5.02. The summed E-state index contributed by atoms with van der Waals surface area (Å²) >= 11 is 0. The van der Waals surface area contributed by atoms with Gasteiger partial charge in [-0.3, -0.25) is 4.79 Å². The van der Waals surface area contributed by atoms with Crippen LogP contribution in [-0.4, -0.2) is 35.6 Å². The molecule has 6 heteroatoms. The van der Waals surface area contributed by atoms with E-state index in [1.54, 1.807) is 19.2 Å². The summed E-state index contributed by atoms with van der Waals surface area (Å²) in [6.07, 6.45) is 6.03. The van der Waals surface area contributed by atoms with Crippen molar-refractivity contribution in [3.05, 3.63) is 59.3 Å². The zero-order valence-electron chi connectivity index (χ0n) is 16.1. The van der Waals surface area contributed by atoms with Crippen LogP contribution in [0.4, 0.5) is 5.82 Å². The molecule has 28 heavy (non-hydrogen) atoms. The summed E-state index contributed by atoms with van der Waals surface area (Å²) in [5.74, 6) is 0.509. The highest BCUT2D eigenvalue weighted by atomic mass is 16.5. The number of rotatable bonds is 8.